The van der Waals surface area contributed by atoms with Crippen LogP contribution in [0.15, 0.2) is 42.5 Å². The van der Waals surface area contributed by atoms with Crippen LogP contribution in [0.4, 0.5) is 0 Å². The minimum absolute atomic E-state index is 0. The molecule has 2 aliphatic rings. The number of phenolic OH excluding ortho intramolecular Hbond substituents is 2. The fourth-order valence-corrected chi connectivity index (χ4v) is 3.56. The summed E-state index contributed by atoms with van der Waals surface area (Å²) in [4.78, 5) is 0. The maximum absolute atomic E-state index is 9.61. The van der Waals surface area contributed by atoms with Crippen molar-refractivity contribution in [3.8, 4) is 11.5 Å². The maximum Gasteiger partial charge on any atom is 0.116 e. The zero-order valence-electron chi connectivity index (χ0n) is 10.8. The number of aryl methyl sites for hydroxylation is 1. The molecule has 102 valence electrons. The summed E-state index contributed by atoms with van der Waals surface area (Å²) in [6, 6.07) is 11.3. The molecule has 2 aromatic rings. The van der Waals surface area contributed by atoms with E-state index in [1.54, 1.807) is 12.1 Å². The van der Waals surface area contributed by atoms with Crippen LogP contribution in [0.25, 0.3) is 6.08 Å². The molecule has 2 aromatic carbocycles. The quantitative estimate of drug-likeness (QED) is 0.774. The predicted molar refractivity (Wildman–Crippen MR) is 81.6 cm³/mol. The zero-order chi connectivity index (χ0) is 13.0. The molecule has 1 atom stereocenters. The van der Waals surface area contributed by atoms with E-state index in [0.29, 0.717) is 11.5 Å². The van der Waals surface area contributed by atoms with Gasteiger partial charge in [0.05, 0.1) is 0 Å². The first-order chi connectivity index (χ1) is 9.19. The molecule has 0 saturated carbocycles. The number of allylic oxidation sites excluding steroid dienone is 1. The van der Waals surface area contributed by atoms with E-state index in [0.717, 1.165) is 18.4 Å². The molecule has 0 aromatic heterocycles. The van der Waals surface area contributed by atoms with Crippen LogP contribution >= 0.6 is 12.4 Å². The normalized spacial score (nSPS) is 21.6. The highest BCUT2D eigenvalue weighted by atomic mass is 35.5. The average molecular weight is 287 g/mol. The number of phenols is 2. The van der Waals surface area contributed by atoms with E-state index < -0.39 is 0 Å². The van der Waals surface area contributed by atoms with Gasteiger partial charge in [0.2, 0.25) is 0 Å². The molecule has 4 rings (SSSR count). The Kier molecular flexibility index (Phi) is 2.80. The van der Waals surface area contributed by atoms with E-state index >= 15 is 0 Å². The summed E-state index contributed by atoms with van der Waals surface area (Å²) in [6.45, 7) is 0. The highest BCUT2D eigenvalue weighted by Crippen LogP contribution is 2.51. The predicted octanol–water partition coefficient (Wildman–Crippen LogP) is 3.78. The molecule has 20 heavy (non-hydrogen) atoms. The van der Waals surface area contributed by atoms with E-state index in [2.05, 4.69) is 12.2 Å². The molecule has 0 fully saturated rings. The minimum atomic E-state index is -0.0634. The third kappa shape index (κ3) is 1.58. The topological polar surface area (TPSA) is 40.5 Å². The van der Waals surface area contributed by atoms with Crippen molar-refractivity contribution in [2.24, 2.45) is 0 Å². The molecule has 0 heterocycles. The summed E-state index contributed by atoms with van der Waals surface area (Å²) in [5.74, 6) is 0.646. The molecule has 0 amide bonds. The van der Waals surface area contributed by atoms with Gasteiger partial charge in [-0.2, -0.15) is 0 Å². The van der Waals surface area contributed by atoms with Gasteiger partial charge in [-0.15, -0.1) is 12.4 Å². The van der Waals surface area contributed by atoms with Crippen LogP contribution in [0.1, 0.15) is 28.7 Å². The maximum atomic E-state index is 9.61. The third-order valence-corrected chi connectivity index (χ3v) is 4.42. The lowest BCUT2D eigenvalue weighted by Crippen LogP contribution is -2.19. The van der Waals surface area contributed by atoms with Crippen LogP contribution in [-0.4, -0.2) is 10.2 Å². The fourth-order valence-electron chi connectivity index (χ4n) is 3.56. The Morgan fingerprint density at radius 3 is 2.40 bits per heavy atom. The van der Waals surface area contributed by atoms with E-state index in [1.165, 1.54) is 16.7 Å². The number of hydrogen-bond acceptors (Lipinski definition) is 2. The smallest absolute Gasteiger partial charge is 0.116 e. The van der Waals surface area contributed by atoms with Gasteiger partial charge in [-0.25, -0.2) is 0 Å². The van der Waals surface area contributed by atoms with Crippen molar-refractivity contribution in [1.82, 2.24) is 0 Å². The van der Waals surface area contributed by atoms with Crippen LogP contribution in [0.3, 0.4) is 0 Å². The van der Waals surface area contributed by atoms with Gasteiger partial charge in [0, 0.05) is 5.41 Å². The van der Waals surface area contributed by atoms with Gasteiger partial charge in [-0.1, -0.05) is 24.3 Å². The highest BCUT2D eigenvalue weighted by Gasteiger charge is 2.41. The molecule has 2 N–H and O–H groups in total. The number of hydrogen-bond donors (Lipinski definition) is 2. The SMILES string of the molecule is Cl.Oc1ccc2c(c1)C=CC21CCc2cc(O)ccc21. The number of aromatic hydroxyl groups is 2. The van der Waals surface area contributed by atoms with Gasteiger partial charge in [-0.05, 0) is 59.4 Å². The average Bonchev–Trinajstić information content (AvgIpc) is 2.93. The van der Waals surface area contributed by atoms with Gasteiger partial charge >= 0.3 is 0 Å². The first-order valence-corrected chi connectivity index (χ1v) is 6.54. The Bertz CT molecular complexity index is 721. The molecule has 0 bridgehead atoms. The highest BCUT2D eigenvalue weighted by molar-refractivity contribution is 5.85. The van der Waals surface area contributed by atoms with Gasteiger partial charge in [0.15, 0.2) is 0 Å². The van der Waals surface area contributed by atoms with Crippen molar-refractivity contribution in [2.75, 3.05) is 0 Å². The van der Waals surface area contributed by atoms with Crippen LogP contribution in [0, 0.1) is 0 Å². The molecule has 2 nitrogen and oxygen atoms in total. The number of rotatable bonds is 0. The molecule has 1 spiro atoms. The van der Waals surface area contributed by atoms with Gasteiger partial charge in [0.25, 0.3) is 0 Å². The summed E-state index contributed by atoms with van der Waals surface area (Å²) in [6.07, 6.45) is 6.34. The summed E-state index contributed by atoms with van der Waals surface area (Å²) in [5, 5.41) is 19.2. The van der Waals surface area contributed by atoms with Gasteiger partial charge < -0.3 is 10.2 Å². The number of halogens is 1. The van der Waals surface area contributed by atoms with Crippen molar-refractivity contribution in [1.29, 1.82) is 0 Å². The summed E-state index contributed by atoms with van der Waals surface area (Å²) in [5.41, 5.74) is 4.80. The zero-order valence-corrected chi connectivity index (χ0v) is 11.7. The summed E-state index contributed by atoms with van der Waals surface area (Å²) in [7, 11) is 0. The van der Waals surface area contributed by atoms with E-state index in [9.17, 15) is 10.2 Å². The van der Waals surface area contributed by atoms with Gasteiger partial charge in [-0.3, -0.25) is 0 Å². The van der Waals surface area contributed by atoms with Crippen LogP contribution in [0.5, 0.6) is 11.5 Å². The van der Waals surface area contributed by atoms with Crippen molar-refractivity contribution < 1.29 is 10.2 Å². The van der Waals surface area contributed by atoms with E-state index in [-0.39, 0.29) is 17.8 Å². The molecule has 2 aliphatic carbocycles. The largest absolute Gasteiger partial charge is 0.508 e. The molecule has 1 unspecified atom stereocenters. The number of fused-ring (bicyclic) bond motifs is 4. The fraction of sp³-hybridized carbons (Fsp3) is 0.176. The minimum Gasteiger partial charge on any atom is -0.508 e. The Morgan fingerprint density at radius 1 is 0.900 bits per heavy atom. The Hall–Kier alpha value is -1.93. The summed E-state index contributed by atoms with van der Waals surface area (Å²) < 4.78 is 0. The lowest BCUT2D eigenvalue weighted by molar-refractivity contribution is 0.474. The van der Waals surface area contributed by atoms with E-state index in [1.807, 2.05) is 24.3 Å². The molecular formula is C17H15ClO2. The second kappa shape index (κ2) is 4.29. The Labute approximate surface area is 123 Å². The summed E-state index contributed by atoms with van der Waals surface area (Å²) >= 11 is 0. The molecule has 0 saturated heterocycles. The third-order valence-electron chi connectivity index (χ3n) is 4.42. The van der Waals surface area contributed by atoms with Gasteiger partial charge in [0.1, 0.15) is 11.5 Å². The van der Waals surface area contributed by atoms with Crippen LogP contribution < -0.4 is 0 Å². The molecule has 0 aliphatic heterocycles. The molecule has 3 heteroatoms. The second-order valence-corrected chi connectivity index (χ2v) is 5.42. The first-order valence-electron chi connectivity index (χ1n) is 6.54. The lowest BCUT2D eigenvalue weighted by atomic mass is 9.77. The number of benzene rings is 2. The Balaban J connectivity index is 0.00000121. The van der Waals surface area contributed by atoms with Crippen molar-refractivity contribution in [2.45, 2.75) is 18.3 Å². The standard InChI is InChI=1S/C17H14O2.ClH/c18-13-1-3-15-11(9-13)5-7-17(15)8-6-12-10-14(19)2-4-16(12)17;/h1-5,7,9-10,18-19H,6,8H2;1H. The molecular weight excluding hydrogens is 272 g/mol. The Morgan fingerprint density at radius 2 is 1.60 bits per heavy atom. The van der Waals surface area contributed by atoms with Crippen LogP contribution in [0.2, 0.25) is 0 Å². The molecule has 0 radical (unpaired) electrons. The first kappa shape index (κ1) is 13.1. The van der Waals surface area contributed by atoms with Crippen LogP contribution in [-0.2, 0) is 11.8 Å². The van der Waals surface area contributed by atoms with E-state index in [4.69, 9.17) is 0 Å². The monoisotopic (exact) mass is 286 g/mol. The van der Waals surface area contributed by atoms with Crippen molar-refractivity contribution >= 4 is 18.5 Å². The van der Waals surface area contributed by atoms with Crippen molar-refractivity contribution in [3.63, 3.8) is 0 Å². The second-order valence-electron chi connectivity index (χ2n) is 5.42. The van der Waals surface area contributed by atoms with Crippen molar-refractivity contribution in [3.05, 3.63) is 64.7 Å². The lowest BCUT2D eigenvalue weighted by Gasteiger charge is -2.25.